The molecule has 0 spiro atoms. The second-order valence-electron chi connectivity index (χ2n) is 7.51. The van der Waals surface area contributed by atoms with E-state index in [1.54, 1.807) is 4.90 Å². The third-order valence-corrected chi connectivity index (χ3v) is 5.67. The van der Waals surface area contributed by atoms with Gasteiger partial charge < -0.3 is 19.8 Å². The van der Waals surface area contributed by atoms with Gasteiger partial charge in [-0.3, -0.25) is 9.59 Å². The van der Waals surface area contributed by atoms with Crippen LogP contribution in [0.2, 0.25) is 0 Å². The molecule has 2 aliphatic heterocycles. The number of nitrogens with zero attached hydrogens (tertiary/aromatic N) is 3. The Morgan fingerprint density at radius 3 is 2.58 bits per heavy atom. The van der Waals surface area contributed by atoms with Gasteiger partial charge in [-0.1, -0.05) is 30.3 Å². The summed E-state index contributed by atoms with van der Waals surface area (Å²) in [7, 11) is 2.13. The molecule has 6 heteroatoms. The molecule has 0 unspecified atom stereocenters. The lowest BCUT2D eigenvalue weighted by Gasteiger charge is -2.22. The van der Waals surface area contributed by atoms with Gasteiger partial charge in [0.1, 0.15) is 0 Å². The van der Waals surface area contributed by atoms with Crippen LogP contribution in [0.5, 0.6) is 0 Å². The number of hydrogen-bond donors (Lipinski definition) is 1. The van der Waals surface area contributed by atoms with Gasteiger partial charge in [0.25, 0.3) is 0 Å². The van der Waals surface area contributed by atoms with Crippen LogP contribution in [0.4, 0.5) is 0 Å². The zero-order valence-electron chi connectivity index (χ0n) is 15.5. The van der Waals surface area contributed by atoms with Crippen LogP contribution in [-0.2, 0) is 9.59 Å². The van der Waals surface area contributed by atoms with Crippen molar-refractivity contribution in [1.82, 2.24) is 14.7 Å². The van der Waals surface area contributed by atoms with Crippen LogP contribution in [0.15, 0.2) is 30.3 Å². The summed E-state index contributed by atoms with van der Waals surface area (Å²) in [6.07, 6.45) is 1.60. The van der Waals surface area contributed by atoms with Gasteiger partial charge >= 0.3 is 5.97 Å². The highest BCUT2D eigenvalue weighted by Gasteiger charge is 2.40. The fourth-order valence-electron chi connectivity index (χ4n) is 4.03. The highest BCUT2D eigenvalue weighted by molar-refractivity contribution is 5.79. The molecule has 3 rings (SSSR count). The standard InChI is InChI=1S/C20H29N3O3/c1-21-9-5-10-22(13-12-21)11-8-19(24)23-14-17(18(15-23)20(25)26)16-6-3-2-4-7-16/h2-4,6-7,17-18H,5,8-15H2,1H3,(H,25,26)/t17-,18+/m1/s1. The minimum Gasteiger partial charge on any atom is -0.481 e. The Kier molecular flexibility index (Phi) is 6.27. The zero-order valence-corrected chi connectivity index (χ0v) is 15.5. The molecule has 26 heavy (non-hydrogen) atoms. The average molecular weight is 359 g/mol. The van der Waals surface area contributed by atoms with E-state index in [-0.39, 0.29) is 11.8 Å². The van der Waals surface area contributed by atoms with Gasteiger partial charge in [-0.2, -0.15) is 0 Å². The predicted molar refractivity (Wildman–Crippen MR) is 100 cm³/mol. The van der Waals surface area contributed by atoms with E-state index < -0.39 is 11.9 Å². The normalized spacial score (nSPS) is 25.2. The van der Waals surface area contributed by atoms with E-state index in [4.69, 9.17) is 0 Å². The molecular formula is C20H29N3O3. The summed E-state index contributed by atoms with van der Waals surface area (Å²) in [4.78, 5) is 30.8. The fraction of sp³-hybridized carbons (Fsp3) is 0.600. The zero-order chi connectivity index (χ0) is 18.5. The molecule has 1 aromatic rings. The lowest BCUT2D eigenvalue weighted by atomic mass is 9.89. The van der Waals surface area contributed by atoms with Gasteiger partial charge in [0.15, 0.2) is 0 Å². The topological polar surface area (TPSA) is 64.1 Å². The van der Waals surface area contributed by atoms with Gasteiger partial charge in [0, 0.05) is 45.1 Å². The molecule has 1 amide bonds. The molecule has 2 aliphatic rings. The van der Waals surface area contributed by atoms with Gasteiger partial charge in [0.2, 0.25) is 5.91 Å². The molecule has 2 heterocycles. The fourth-order valence-corrected chi connectivity index (χ4v) is 4.03. The smallest absolute Gasteiger partial charge is 0.308 e. The van der Waals surface area contributed by atoms with Gasteiger partial charge in [-0.15, -0.1) is 0 Å². The molecule has 0 bridgehead atoms. The van der Waals surface area contributed by atoms with E-state index in [1.807, 2.05) is 30.3 Å². The van der Waals surface area contributed by atoms with Crippen molar-refractivity contribution in [3.8, 4) is 0 Å². The van der Waals surface area contributed by atoms with E-state index in [0.717, 1.165) is 44.7 Å². The lowest BCUT2D eigenvalue weighted by molar-refractivity contribution is -0.141. The Labute approximate surface area is 155 Å². The van der Waals surface area contributed by atoms with Crippen molar-refractivity contribution in [2.45, 2.75) is 18.8 Å². The van der Waals surface area contributed by atoms with Crippen LogP contribution >= 0.6 is 0 Å². The first-order chi connectivity index (χ1) is 12.5. The maximum atomic E-state index is 12.7. The van der Waals surface area contributed by atoms with Crippen LogP contribution in [0.25, 0.3) is 0 Å². The third kappa shape index (κ3) is 4.62. The summed E-state index contributed by atoms with van der Waals surface area (Å²) in [5.41, 5.74) is 1.01. The Balaban J connectivity index is 1.57. The number of hydrogen-bond acceptors (Lipinski definition) is 4. The second-order valence-corrected chi connectivity index (χ2v) is 7.51. The highest BCUT2D eigenvalue weighted by Crippen LogP contribution is 2.33. The van der Waals surface area contributed by atoms with Crippen molar-refractivity contribution in [2.75, 3.05) is 52.9 Å². The number of carbonyl (C=O) groups is 2. The summed E-state index contributed by atoms with van der Waals surface area (Å²) in [5.74, 6) is -1.38. The molecule has 0 aromatic heterocycles. The van der Waals surface area contributed by atoms with Crippen LogP contribution < -0.4 is 0 Å². The molecule has 142 valence electrons. The van der Waals surface area contributed by atoms with Crippen LogP contribution in [0.1, 0.15) is 24.3 Å². The Hall–Kier alpha value is -1.92. The van der Waals surface area contributed by atoms with Crippen molar-refractivity contribution < 1.29 is 14.7 Å². The number of amides is 1. The minimum absolute atomic E-state index is 0.0762. The number of carbonyl (C=O) groups excluding carboxylic acids is 1. The van der Waals surface area contributed by atoms with E-state index >= 15 is 0 Å². The van der Waals surface area contributed by atoms with Crippen LogP contribution in [0.3, 0.4) is 0 Å². The summed E-state index contributed by atoms with van der Waals surface area (Å²) < 4.78 is 0. The number of likely N-dealkylation sites (tertiary alicyclic amines) is 1. The first-order valence-electron chi connectivity index (χ1n) is 9.51. The summed E-state index contributed by atoms with van der Waals surface area (Å²) in [6.45, 7) is 5.75. The Morgan fingerprint density at radius 1 is 1.08 bits per heavy atom. The first-order valence-corrected chi connectivity index (χ1v) is 9.51. The second kappa shape index (κ2) is 8.64. The molecule has 0 saturated carbocycles. The molecule has 0 radical (unpaired) electrons. The average Bonchev–Trinajstić information content (AvgIpc) is 2.99. The largest absolute Gasteiger partial charge is 0.481 e. The monoisotopic (exact) mass is 359 g/mol. The molecule has 2 saturated heterocycles. The van der Waals surface area contributed by atoms with Gasteiger partial charge in [-0.25, -0.2) is 0 Å². The SMILES string of the molecule is CN1CCCN(CCC(=O)N2C[C@H](C(=O)O)[C@@H](c3ccccc3)C2)CC1. The molecular weight excluding hydrogens is 330 g/mol. The number of benzene rings is 1. The molecule has 1 aromatic carbocycles. The van der Waals surface area contributed by atoms with E-state index in [1.165, 1.54) is 0 Å². The first kappa shape index (κ1) is 18.9. The summed E-state index contributed by atoms with van der Waals surface area (Å²) in [6, 6.07) is 9.70. The maximum absolute atomic E-state index is 12.7. The number of likely N-dealkylation sites (N-methyl/N-ethyl adjacent to an activating group) is 1. The lowest BCUT2D eigenvalue weighted by Crippen LogP contribution is -2.35. The van der Waals surface area contributed by atoms with Gasteiger partial charge in [0.05, 0.1) is 5.92 Å². The van der Waals surface area contributed by atoms with Crippen molar-refractivity contribution in [3.05, 3.63) is 35.9 Å². The molecule has 1 N–H and O–H groups in total. The number of rotatable bonds is 5. The van der Waals surface area contributed by atoms with E-state index in [0.29, 0.717) is 19.5 Å². The quantitative estimate of drug-likeness (QED) is 0.860. The van der Waals surface area contributed by atoms with Crippen LogP contribution in [-0.4, -0.2) is 84.5 Å². The highest BCUT2D eigenvalue weighted by atomic mass is 16.4. The van der Waals surface area contributed by atoms with E-state index in [9.17, 15) is 14.7 Å². The molecule has 0 aliphatic carbocycles. The predicted octanol–water partition coefficient (Wildman–Crippen LogP) is 1.34. The Bertz CT molecular complexity index is 622. The summed E-state index contributed by atoms with van der Waals surface area (Å²) in [5, 5.41) is 9.58. The molecule has 6 nitrogen and oxygen atoms in total. The van der Waals surface area contributed by atoms with Crippen LogP contribution in [0, 0.1) is 5.92 Å². The maximum Gasteiger partial charge on any atom is 0.308 e. The van der Waals surface area contributed by atoms with E-state index in [2.05, 4.69) is 16.8 Å². The number of carboxylic acids is 1. The molecule has 2 atom stereocenters. The van der Waals surface area contributed by atoms with Crippen molar-refractivity contribution >= 4 is 11.9 Å². The van der Waals surface area contributed by atoms with Crippen molar-refractivity contribution in [3.63, 3.8) is 0 Å². The molecule has 2 fully saturated rings. The Morgan fingerprint density at radius 2 is 1.85 bits per heavy atom. The minimum atomic E-state index is -0.815. The number of aliphatic carboxylic acids is 1. The third-order valence-electron chi connectivity index (χ3n) is 5.67. The van der Waals surface area contributed by atoms with Crippen molar-refractivity contribution in [2.24, 2.45) is 5.92 Å². The van der Waals surface area contributed by atoms with Crippen molar-refractivity contribution in [1.29, 1.82) is 0 Å². The van der Waals surface area contributed by atoms with Gasteiger partial charge in [-0.05, 0) is 32.1 Å². The summed E-state index contributed by atoms with van der Waals surface area (Å²) >= 11 is 0. The number of carboxylic acid groups (broad SMARTS) is 1.